The highest BCUT2D eigenvalue weighted by molar-refractivity contribution is 7.22. The molecule has 1 N–H and O–H groups in total. The topological polar surface area (TPSA) is 67.3 Å². The number of benzene rings is 1. The number of aromatic nitrogens is 2. The molecule has 1 unspecified atom stereocenters. The first kappa shape index (κ1) is 20.0. The lowest BCUT2D eigenvalue weighted by Crippen LogP contribution is -2.40. The van der Waals surface area contributed by atoms with Crippen molar-refractivity contribution in [1.29, 1.82) is 0 Å². The van der Waals surface area contributed by atoms with Crippen LogP contribution in [0, 0.1) is 11.7 Å². The second kappa shape index (κ2) is 8.61. The minimum Gasteiger partial charge on any atom is -0.378 e. The van der Waals surface area contributed by atoms with Gasteiger partial charge in [0.05, 0.1) is 27.9 Å². The Balaban J connectivity index is 1.46. The Morgan fingerprint density at radius 3 is 3.14 bits per heavy atom. The van der Waals surface area contributed by atoms with Crippen LogP contribution >= 0.6 is 22.9 Å². The monoisotopic (exact) mass is 434 g/mol. The number of thiazole rings is 1. The summed E-state index contributed by atoms with van der Waals surface area (Å²) in [4.78, 5) is 23.7. The lowest BCUT2D eigenvalue weighted by atomic mass is 9.96. The van der Waals surface area contributed by atoms with Gasteiger partial charge in [0.25, 0.3) is 0 Å². The summed E-state index contributed by atoms with van der Waals surface area (Å²) in [6, 6.07) is 6.54. The van der Waals surface area contributed by atoms with E-state index in [1.807, 2.05) is 12.1 Å². The number of methoxy groups -OCH3 is 1. The van der Waals surface area contributed by atoms with E-state index >= 15 is 0 Å². The average molecular weight is 435 g/mol. The zero-order valence-electron chi connectivity index (χ0n) is 15.8. The van der Waals surface area contributed by atoms with E-state index in [1.54, 1.807) is 13.3 Å². The van der Waals surface area contributed by atoms with Crippen molar-refractivity contribution in [1.82, 2.24) is 9.97 Å². The second-order valence-corrected chi connectivity index (χ2v) is 8.40. The Bertz CT molecular complexity index is 1040. The number of nitrogens with zero attached hydrogens (tertiary/aromatic N) is 3. The van der Waals surface area contributed by atoms with Crippen molar-refractivity contribution in [2.24, 2.45) is 5.92 Å². The maximum atomic E-state index is 13.5. The summed E-state index contributed by atoms with van der Waals surface area (Å²) >= 11 is 7.27. The zero-order valence-corrected chi connectivity index (χ0v) is 17.4. The van der Waals surface area contributed by atoms with Crippen molar-refractivity contribution < 1.29 is 13.9 Å². The van der Waals surface area contributed by atoms with Gasteiger partial charge in [-0.1, -0.05) is 22.9 Å². The lowest BCUT2D eigenvalue weighted by Gasteiger charge is -2.33. The van der Waals surface area contributed by atoms with Gasteiger partial charge in [-0.25, -0.2) is 9.37 Å². The van der Waals surface area contributed by atoms with E-state index in [0.29, 0.717) is 28.5 Å². The van der Waals surface area contributed by atoms with Crippen LogP contribution in [-0.4, -0.2) is 36.1 Å². The van der Waals surface area contributed by atoms with E-state index in [2.05, 4.69) is 20.2 Å². The number of hydrogen-bond donors (Lipinski definition) is 1. The average Bonchev–Trinajstić information content (AvgIpc) is 3.11. The van der Waals surface area contributed by atoms with Gasteiger partial charge in [0, 0.05) is 32.1 Å². The third-order valence-corrected chi connectivity index (χ3v) is 6.10. The molecule has 0 spiro atoms. The Morgan fingerprint density at radius 2 is 2.31 bits per heavy atom. The molecule has 0 bridgehead atoms. The number of ether oxygens (including phenoxy) is 1. The van der Waals surface area contributed by atoms with Crippen molar-refractivity contribution in [3.05, 3.63) is 47.0 Å². The predicted octanol–water partition coefficient (Wildman–Crippen LogP) is 4.49. The molecular weight excluding hydrogens is 415 g/mol. The van der Waals surface area contributed by atoms with E-state index in [1.165, 1.54) is 23.5 Å². The van der Waals surface area contributed by atoms with E-state index in [-0.39, 0.29) is 16.8 Å². The van der Waals surface area contributed by atoms with E-state index in [0.717, 1.165) is 30.8 Å². The van der Waals surface area contributed by atoms with Crippen LogP contribution in [-0.2, 0) is 16.1 Å². The number of nitrogens with one attached hydrogen (secondary N) is 1. The molecule has 3 aromatic rings. The summed E-state index contributed by atoms with van der Waals surface area (Å²) in [7, 11) is 1.64. The first-order chi connectivity index (χ1) is 14.0. The molecule has 0 saturated carbocycles. The van der Waals surface area contributed by atoms with Gasteiger partial charge < -0.3 is 15.0 Å². The van der Waals surface area contributed by atoms with Crippen molar-refractivity contribution in [2.45, 2.75) is 19.4 Å². The molecule has 4 rings (SSSR count). The quantitative estimate of drug-likeness (QED) is 0.641. The molecule has 1 aromatic carbocycles. The summed E-state index contributed by atoms with van der Waals surface area (Å²) in [5.41, 5.74) is 2.39. The highest BCUT2D eigenvalue weighted by Gasteiger charge is 2.27. The first-order valence-electron chi connectivity index (χ1n) is 9.29. The maximum absolute atomic E-state index is 13.5. The fourth-order valence-electron chi connectivity index (χ4n) is 3.53. The molecule has 1 atom stereocenters. The van der Waals surface area contributed by atoms with Crippen molar-refractivity contribution >= 4 is 49.9 Å². The highest BCUT2D eigenvalue weighted by Crippen LogP contribution is 2.32. The van der Waals surface area contributed by atoms with Crippen LogP contribution in [0.5, 0.6) is 0 Å². The van der Waals surface area contributed by atoms with Gasteiger partial charge >= 0.3 is 0 Å². The Morgan fingerprint density at radius 1 is 1.45 bits per heavy atom. The molecule has 6 nitrogen and oxygen atoms in total. The molecule has 2 aromatic heterocycles. The summed E-state index contributed by atoms with van der Waals surface area (Å²) in [5, 5.41) is 3.55. The van der Waals surface area contributed by atoms with Crippen LogP contribution in [0.4, 0.5) is 15.2 Å². The van der Waals surface area contributed by atoms with Crippen LogP contribution in [0.2, 0.25) is 5.02 Å². The second-order valence-electron chi connectivity index (χ2n) is 6.97. The van der Waals surface area contributed by atoms with Crippen molar-refractivity contribution in [3.63, 3.8) is 0 Å². The number of piperidine rings is 1. The number of pyridine rings is 1. The molecule has 3 heterocycles. The first-order valence-corrected chi connectivity index (χ1v) is 10.5. The minimum absolute atomic E-state index is 0.0866. The smallest absolute Gasteiger partial charge is 0.231 e. The standard InChI is InChI=1S/C20H20ClFN4O2S/c1-28-11-14-9-15(4-5-23-14)26-6-2-3-12(10-26)19(27)25-20-24-18-16(21)7-13(22)8-17(18)29-20/h4-5,7-9,12H,2-3,6,10-11H2,1H3,(H,24,25,27). The van der Waals surface area contributed by atoms with Crippen LogP contribution in [0.15, 0.2) is 30.5 Å². The number of anilines is 2. The summed E-state index contributed by atoms with van der Waals surface area (Å²) in [6.07, 6.45) is 3.48. The summed E-state index contributed by atoms with van der Waals surface area (Å²) in [5.74, 6) is -0.671. The third kappa shape index (κ3) is 4.49. The number of halogens is 2. The molecule has 152 valence electrons. The summed E-state index contributed by atoms with van der Waals surface area (Å²) in [6.45, 7) is 1.95. The van der Waals surface area contributed by atoms with Gasteiger partial charge in [-0.05, 0) is 37.1 Å². The normalized spacial score (nSPS) is 16.9. The van der Waals surface area contributed by atoms with Crippen molar-refractivity contribution in [2.75, 3.05) is 30.4 Å². The van der Waals surface area contributed by atoms with Crippen molar-refractivity contribution in [3.8, 4) is 0 Å². The number of amides is 1. The number of fused-ring (bicyclic) bond motifs is 1. The molecule has 0 aliphatic carbocycles. The molecule has 1 amide bonds. The molecule has 9 heteroatoms. The van der Waals surface area contributed by atoms with Gasteiger partial charge in [-0.3, -0.25) is 9.78 Å². The van der Waals surface area contributed by atoms with Gasteiger partial charge in [0.2, 0.25) is 5.91 Å². The van der Waals surface area contributed by atoms with Gasteiger partial charge in [0.1, 0.15) is 11.3 Å². The highest BCUT2D eigenvalue weighted by atomic mass is 35.5. The SMILES string of the molecule is COCc1cc(N2CCCC(C(=O)Nc3nc4c(Cl)cc(F)cc4s3)C2)ccn1. The molecule has 1 aliphatic rings. The largest absolute Gasteiger partial charge is 0.378 e. The van der Waals surface area contributed by atoms with E-state index < -0.39 is 5.82 Å². The predicted molar refractivity (Wildman–Crippen MR) is 113 cm³/mol. The zero-order chi connectivity index (χ0) is 20.4. The Labute approximate surface area is 176 Å². The Kier molecular flexibility index (Phi) is 5.94. The van der Waals surface area contributed by atoms with E-state index in [4.69, 9.17) is 16.3 Å². The van der Waals surface area contributed by atoms with Crippen LogP contribution < -0.4 is 10.2 Å². The number of hydrogen-bond acceptors (Lipinski definition) is 6. The summed E-state index contributed by atoms with van der Waals surface area (Å²) < 4.78 is 19.3. The third-order valence-electron chi connectivity index (χ3n) is 4.89. The number of rotatable bonds is 5. The van der Waals surface area contributed by atoms with E-state index in [9.17, 15) is 9.18 Å². The van der Waals surface area contributed by atoms with Gasteiger partial charge in [-0.2, -0.15) is 0 Å². The molecule has 1 saturated heterocycles. The Hall–Kier alpha value is -2.29. The van der Waals surface area contributed by atoms with Gasteiger partial charge in [0.15, 0.2) is 5.13 Å². The lowest BCUT2D eigenvalue weighted by molar-refractivity contribution is -0.120. The minimum atomic E-state index is -0.419. The molecule has 1 fully saturated rings. The molecular formula is C20H20ClFN4O2S. The molecule has 29 heavy (non-hydrogen) atoms. The van der Waals surface area contributed by atoms with Crippen LogP contribution in [0.1, 0.15) is 18.5 Å². The van der Waals surface area contributed by atoms with Gasteiger partial charge in [-0.15, -0.1) is 0 Å². The van der Waals surface area contributed by atoms with Crippen LogP contribution in [0.25, 0.3) is 10.2 Å². The molecule has 1 aliphatic heterocycles. The molecule has 0 radical (unpaired) electrons. The fourth-order valence-corrected chi connectivity index (χ4v) is 4.76. The van der Waals surface area contributed by atoms with Crippen LogP contribution in [0.3, 0.4) is 0 Å². The fraction of sp³-hybridized carbons (Fsp3) is 0.350. The maximum Gasteiger partial charge on any atom is 0.231 e. The number of carbonyl (C=O) groups excluding carboxylic acids is 1. The number of carbonyl (C=O) groups is 1.